The Kier molecular flexibility index (Phi) is 4.86. The van der Waals surface area contributed by atoms with E-state index in [0.29, 0.717) is 17.3 Å². The van der Waals surface area contributed by atoms with Gasteiger partial charge in [0.2, 0.25) is 11.8 Å². The Hall–Kier alpha value is -3.17. The third kappa shape index (κ3) is 3.83. The average Bonchev–Trinajstić information content (AvgIpc) is 3.38. The molecule has 0 saturated carbocycles. The summed E-state index contributed by atoms with van der Waals surface area (Å²) in [6.45, 7) is 2.67. The Morgan fingerprint density at radius 2 is 2.07 bits per heavy atom. The van der Waals surface area contributed by atoms with Gasteiger partial charge >= 0.3 is 0 Å². The maximum Gasteiger partial charge on any atom is 0.247 e. The molecule has 1 fully saturated rings. The molecule has 2 heterocycles. The van der Waals surface area contributed by atoms with Crippen molar-refractivity contribution in [3.8, 4) is 23.3 Å². The summed E-state index contributed by atoms with van der Waals surface area (Å²) in [5, 5.41) is 17.5. The van der Waals surface area contributed by atoms with Gasteiger partial charge in [0.1, 0.15) is 5.75 Å². The molecule has 2 aromatic carbocycles. The van der Waals surface area contributed by atoms with E-state index in [2.05, 4.69) is 27.2 Å². The molecule has 1 aromatic heterocycles. The van der Waals surface area contributed by atoms with Crippen LogP contribution in [0.3, 0.4) is 0 Å². The fourth-order valence-electron chi connectivity index (χ4n) is 3.43. The molecular weight excluding hydrogens is 340 g/mol. The molecule has 27 heavy (non-hydrogen) atoms. The molecule has 136 valence electrons. The van der Waals surface area contributed by atoms with Gasteiger partial charge in [0.15, 0.2) is 0 Å². The van der Waals surface area contributed by atoms with Crippen LogP contribution < -0.4 is 4.74 Å². The van der Waals surface area contributed by atoms with Crippen LogP contribution in [0.5, 0.6) is 5.75 Å². The molecule has 0 aliphatic carbocycles. The van der Waals surface area contributed by atoms with Crippen molar-refractivity contribution in [2.45, 2.75) is 18.9 Å². The minimum atomic E-state index is 0.239. The summed E-state index contributed by atoms with van der Waals surface area (Å²) in [5.41, 5.74) is 2.74. The van der Waals surface area contributed by atoms with E-state index in [1.54, 1.807) is 7.11 Å². The van der Waals surface area contributed by atoms with E-state index in [9.17, 15) is 0 Å². The molecule has 0 radical (unpaired) electrons. The third-order valence-corrected chi connectivity index (χ3v) is 4.86. The predicted molar refractivity (Wildman–Crippen MR) is 100 cm³/mol. The van der Waals surface area contributed by atoms with Crippen molar-refractivity contribution >= 4 is 0 Å². The largest absolute Gasteiger partial charge is 0.497 e. The molecule has 0 amide bonds. The van der Waals surface area contributed by atoms with Gasteiger partial charge in [-0.2, -0.15) is 5.26 Å². The summed E-state index contributed by atoms with van der Waals surface area (Å²) in [6, 6.07) is 17.6. The normalized spacial score (nSPS) is 17.0. The molecular formula is C21H20N4O2. The van der Waals surface area contributed by atoms with Crippen molar-refractivity contribution in [2.75, 3.05) is 20.2 Å². The molecule has 3 aromatic rings. The van der Waals surface area contributed by atoms with Gasteiger partial charge in [-0.05, 0) is 54.9 Å². The number of likely N-dealkylation sites (tertiary alicyclic amines) is 1. The van der Waals surface area contributed by atoms with Gasteiger partial charge in [0, 0.05) is 18.7 Å². The van der Waals surface area contributed by atoms with Crippen LogP contribution in [0.15, 0.2) is 52.9 Å². The van der Waals surface area contributed by atoms with E-state index in [1.165, 1.54) is 0 Å². The average molecular weight is 360 g/mol. The molecule has 0 N–H and O–H groups in total. The SMILES string of the molecule is COc1ccc(-c2nnc(C3CCN(Cc4cccc(C#N)c4)C3)o2)cc1. The topological polar surface area (TPSA) is 75.2 Å². The zero-order chi connectivity index (χ0) is 18.6. The van der Waals surface area contributed by atoms with Crippen LogP contribution in [0.4, 0.5) is 0 Å². The van der Waals surface area contributed by atoms with E-state index in [1.807, 2.05) is 42.5 Å². The van der Waals surface area contributed by atoms with Crippen LogP contribution >= 0.6 is 0 Å². The van der Waals surface area contributed by atoms with E-state index in [0.717, 1.165) is 42.9 Å². The van der Waals surface area contributed by atoms with Crippen molar-refractivity contribution in [1.82, 2.24) is 15.1 Å². The van der Waals surface area contributed by atoms with E-state index < -0.39 is 0 Å². The highest BCUT2D eigenvalue weighted by Gasteiger charge is 2.28. The lowest BCUT2D eigenvalue weighted by molar-refractivity contribution is 0.320. The molecule has 1 atom stereocenters. The molecule has 6 nitrogen and oxygen atoms in total. The van der Waals surface area contributed by atoms with Crippen LogP contribution in [-0.4, -0.2) is 35.3 Å². The van der Waals surface area contributed by atoms with Crippen LogP contribution in [0.25, 0.3) is 11.5 Å². The highest BCUT2D eigenvalue weighted by atomic mass is 16.5. The number of methoxy groups -OCH3 is 1. The lowest BCUT2D eigenvalue weighted by Crippen LogP contribution is -2.19. The van der Waals surface area contributed by atoms with Crippen LogP contribution in [0.2, 0.25) is 0 Å². The standard InChI is InChI=1S/C21H20N4O2/c1-26-19-7-5-17(6-8-19)20-23-24-21(27-20)18-9-10-25(14-18)13-16-4-2-3-15(11-16)12-22/h2-8,11,18H,9-10,13-14H2,1H3. The fourth-order valence-corrected chi connectivity index (χ4v) is 3.43. The first-order valence-electron chi connectivity index (χ1n) is 8.94. The van der Waals surface area contributed by atoms with E-state index in [4.69, 9.17) is 14.4 Å². The lowest BCUT2D eigenvalue weighted by Gasteiger charge is -2.15. The van der Waals surface area contributed by atoms with Crippen molar-refractivity contribution in [1.29, 1.82) is 5.26 Å². The number of nitriles is 1. The number of rotatable bonds is 5. The quantitative estimate of drug-likeness (QED) is 0.692. The molecule has 1 saturated heterocycles. The summed E-state index contributed by atoms with van der Waals surface area (Å²) in [4.78, 5) is 2.36. The smallest absolute Gasteiger partial charge is 0.247 e. The van der Waals surface area contributed by atoms with Crippen molar-refractivity contribution in [3.05, 3.63) is 65.5 Å². The highest BCUT2D eigenvalue weighted by molar-refractivity contribution is 5.54. The second kappa shape index (κ2) is 7.60. The Morgan fingerprint density at radius 3 is 2.85 bits per heavy atom. The van der Waals surface area contributed by atoms with Crippen molar-refractivity contribution in [2.24, 2.45) is 0 Å². The Morgan fingerprint density at radius 1 is 1.22 bits per heavy atom. The fraction of sp³-hybridized carbons (Fsp3) is 0.286. The Balaban J connectivity index is 1.41. The predicted octanol–water partition coefficient (Wildman–Crippen LogP) is 3.61. The second-order valence-corrected chi connectivity index (χ2v) is 6.71. The minimum Gasteiger partial charge on any atom is -0.497 e. The van der Waals surface area contributed by atoms with Crippen LogP contribution in [0, 0.1) is 11.3 Å². The van der Waals surface area contributed by atoms with Gasteiger partial charge < -0.3 is 9.15 Å². The van der Waals surface area contributed by atoms with E-state index in [-0.39, 0.29) is 5.92 Å². The molecule has 4 rings (SSSR count). The lowest BCUT2D eigenvalue weighted by atomic mass is 10.1. The minimum absolute atomic E-state index is 0.239. The molecule has 1 aliphatic rings. The number of hydrogen-bond donors (Lipinski definition) is 0. The molecule has 6 heteroatoms. The van der Waals surface area contributed by atoms with Crippen LogP contribution in [0.1, 0.15) is 29.4 Å². The Labute approximate surface area is 158 Å². The first-order chi connectivity index (χ1) is 13.2. The summed E-state index contributed by atoms with van der Waals surface area (Å²) in [5.74, 6) is 2.26. The van der Waals surface area contributed by atoms with Gasteiger partial charge in [-0.25, -0.2) is 0 Å². The molecule has 1 unspecified atom stereocenters. The highest BCUT2D eigenvalue weighted by Crippen LogP contribution is 2.30. The summed E-state index contributed by atoms with van der Waals surface area (Å²) in [7, 11) is 1.64. The maximum absolute atomic E-state index is 9.04. The monoisotopic (exact) mass is 360 g/mol. The zero-order valence-electron chi connectivity index (χ0n) is 15.1. The maximum atomic E-state index is 9.04. The number of ether oxygens (including phenoxy) is 1. The first-order valence-corrected chi connectivity index (χ1v) is 8.94. The van der Waals surface area contributed by atoms with Crippen molar-refractivity contribution < 1.29 is 9.15 Å². The number of benzene rings is 2. The number of nitrogens with zero attached hydrogens (tertiary/aromatic N) is 4. The number of aromatic nitrogens is 2. The second-order valence-electron chi connectivity index (χ2n) is 6.71. The Bertz CT molecular complexity index is 959. The van der Waals surface area contributed by atoms with Crippen LogP contribution in [-0.2, 0) is 6.54 Å². The first kappa shape index (κ1) is 17.3. The summed E-state index contributed by atoms with van der Waals surface area (Å²) < 4.78 is 11.1. The van der Waals surface area contributed by atoms with Gasteiger partial charge in [0.25, 0.3) is 0 Å². The van der Waals surface area contributed by atoms with Gasteiger partial charge in [-0.1, -0.05) is 12.1 Å². The molecule has 0 bridgehead atoms. The number of hydrogen-bond acceptors (Lipinski definition) is 6. The molecule has 1 aliphatic heterocycles. The third-order valence-electron chi connectivity index (χ3n) is 4.86. The van der Waals surface area contributed by atoms with Gasteiger partial charge in [-0.3, -0.25) is 4.90 Å². The van der Waals surface area contributed by atoms with Gasteiger partial charge in [-0.15, -0.1) is 10.2 Å². The molecule has 0 spiro atoms. The van der Waals surface area contributed by atoms with Crippen molar-refractivity contribution in [3.63, 3.8) is 0 Å². The summed E-state index contributed by atoms with van der Waals surface area (Å²) >= 11 is 0. The van der Waals surface area contributed by atoms with Gasteiger partial charge in [0.05, 0.1) is 24.7 Å². The van der Waals surface area contributed by atoms with E-state index >= 15 is 0 Å². The summed E-state index contributed by atoms with van der Waals surface area (Å²) in [6.07, 6.45) is 0.988. The zero-order valence-corrected chi connectivity index (χ0v) is 15.1.